The number of nitrogens with zero attached hydrogens (tertiary/aromatic N) is 3. The number of hydrogen-bond acceptors (Lipinski definition) is 5. The SMILES string of the molecule is CN(C)C(=O)CCn1ccc(=O)nc1SCC(=O)O. The van der Waals surface area contributed by atoms with Gasteiger partial charge in [-0.15, -0.1) is 0 Å². The number of carbonyl (C=O) groups excluding carboxylic acids is 1. The van der Waals surface area contributed by atoms with Crippen LogP contribution in [0.25, 0.3) is 0 Å². The Balaban J connectivity index is 2.78. The van der Waals surface area contributed by atoms with Gasteiger partial charge in [0.25, 0.3) is 5.56 Å². The first-order valence-corrected chi connectivity index (χ1v) is 6.51. The van der Waals surface area contributed by atoms with Crippen molar-refractivity contribution in [3.8, 4) is 0 Å². The van der Waals surface area contributed by atoms with E-state index >= 15 is 0 Å². The van der Waals surface area contributed by atoms with Crippen molar-refractivity contribution in [2.75, 3.05) is 19.8 Å². The van der Waals surface area contributed by atoms with Crippen LogP contribution in [-0.4, -0.2) is 51.3 Å². The molecule has 0 aliphatic rings. The average Bonchev–Trinajstić information content (AvgIpc) is 2.34. The quantitative estimate of drug-likeness (QED) is 0.579. The number of carbonyl (C=O) groups is 2. The largest absolute Gasteiger partial charge is 0.481 e. The van der Waals surface area contributed by atoms with Crippen LogP contribution in [0.2, 0.25) is 0 Å². The van der Waals surface area contributed by atoms with E-state index in [0.29, 0.717) is 11.7 Å². The molecular formula is C11H15N3O4S. The second-order valence-electron chi connectivity index (χ2n) is 3.96. The number of rotatable bonds is 6. The number of aryl methyl sites for hydroxylation is 1. The van der Waals surface area contributed by atoms with E-state index in [9.17, 15) is 14.4 Å². The Morgan fingerprint density at radius 1 is 1.47 bits per heavy atom. The lowest BCUT2D eigenvalue weighted by molar-refractivity contribution is -0.134. The molecule has 0 radical (unpaired) electrons. The van der Waals surface area contributed by atoms with Gasteiger partial charge in [0.1, 0.15) is 0 Å². The molecule has 0 unspecified atom stereocenters. The molecule has 1 amide bonds. The molecule has 1 N–H and O–H groups in total. The molecule has 1 aromatic heterocycles. The summed E-state index contributed by atoms with van der Waals surface area (Å²) < 4.78 is 1.61. The molecule has 0 aliphatic carbocycles. The van der Waals surface area contributed by atoms with Crippen LogP contribution in [0.4, 0.5) is 0 Å². The second kappa shape index (κ2) is 6.93. The summed E-state index contributed by atoms with van der Waals surface area (Å²) in [4.78, 5) is 38.4. The molecule has 0 saturated carbocycles. The minimum absolute atomic E-state index is 0.0483. The van der Waals surface area contributed by atoms with Crippen LogP contribution in [0.1, 0.15) is 6.42 Å². The zero-order valence-corrected chi connectivity index (χ0v) is 11.5. The maximum atomic E-state index is 11.5. The standard InChI is InChI=1S/C11H15N3O4S/c1-13(2)9(16)4-6-14-5-3-8(15)12-11(14)19-7-10(17)18/h3,5H,4,6-7H2,1-2H3,(H,17,18). The second-order valence-corrected chi connectivity index (χ2v) is 4.90. The molecule has 7 nitrogen and oxygen atoms in total. The van der Waals surface area contributed by atoms with Crippen LogP contribution in [0.3, 0.4) is 0 Å². The molecule has 0 fully saturated rings. The Labute approximate surface area is 114 Å². The van der Waals surface area contributed by atoms with Gasteiger partial charge >= 0.3 is 5.97 Å². The Morgan fingerprint density at radius 2 is 2.16 bits per heavy atom. The van der Waals surface area contributed by atoms with Gasteiger partial charge in [-0.3, -0.25) is 14.4 Å². The van der Waals surface area contributed by atoms with Crippen LogP contribution in [0.5, 0.6) is 0 Å². The Hall–Kier alpha value is -1.83. The Morgan fingerprint density at radius 3 is 2.74 bits per heavy atom. The molecule has 0 aromatic carbocycles. The lowest BCUT2D eigenvalue weighted by Gasteiger charge is -2.13. The van der Waals surface area contributed by atoms with Crippen molar-refractivity contribution in [1.29, 1.82) is 0 Å². The molecule has 0 aliphatic heterocycles. The fraction of sp³-hybridized carbons (Fsp3) is 0.455. The van der Waals surface area contributed by atoms with Crippen molar-refractivity contribution in [2.24, 2.45) is 0 Å². The van der Waals surface area contributed by atoms with Gasteiger partial charge < -0.3 is 14.6 Å². The van der Waals surface area contributed by atoms with Crippen LogP contribution in [0.15, 0.2) is 22.2 Å². The summed E-state index contributed by atoms with van der Waals surface area (Å²) in [5.74, 6) is -1.22. The Kier molecular flexibility index (Phi) is 5.56. The monoisotopic (exact) mass is 285 g/mol. The average molecular weight is 285 g/mol. The van der Waals surface area contributed by atoms with Gasteiger partial charge in [-0.05, 0) is 0 Å². The number of aliphatic carboxylic acids is 1. The highest BCUT2D eigenvalue weighted by atomic mass is 32.2. The first-order valence-electron chi connectivity index (χ1n) is 5.52. The van der Waals surface area contributed by atoms with E-state index in [1.54, 1.807) is 18.7 Å². The van der Waals surface area contributed by atoms with Crippen molar-refractivity contribution in [3.63, 3.8) is 0 Å². The highest BCUT2D eigenvalue weighted by Gasteiger charge is 2.09. The summed E-state index contributed by atoms with van der Waals surface area (Å²) in [7, 11) is 3.32. The first-order chi connectivity index (χ1) is 8.90. The minimum atomic E-state index is -0.987. The molecule has 0 saturated heterocycles. The smallest absolute Gasteiger partial charge is 0.313 e. The molecule has 1 aromatic rings. The Bertz CT molecular complexity index is 527. The van der Waals surface area contributed by atoms with E-state index in [0.717, 1.165) is 11.8 Å². The van der Waals surface area contributed by atoms with Crippen molar-refractivity contribution < 1.29 is 14.7 Å². The van der Waals surface area contributed by atoms with Crippen molar-refractivity contribution in [1.82, 2.24) is 14.5 Å². The maximum Gasteiger partial charge on any atom is 0.313 e. The first kappa shape index (κ1) is 15.2. The van der Waals surface area contributed by atoms with E-state index in [2.05, 4.69) is 4.98 Å². The summed E-state index contributed by atoms with van der Waals surface area (Å²) in [6.45, 7) is 0.353. The highest BCUT2D eigenvalue weighted by Crippen LogP contribution is 2.13. The van der Waals surface area contributed by atoms with Gasteiger partial charge in [0.2, 0.25) is 5.91 Å². The summed E-state index contributed by atoms with van der Waals surface area (Å²) in [5, 5.41) is 8.94. The normalized spacial score (nSPS) is 10.2. The van der Waals surface area contributed by atoms with Gasteiger partial charge in [0.15, 0.2) is 5.16 Å². The molecule has 8 heteroatoms. The minimum Gasteiger partial charge on any atom is -0.481 e. The van der Waals surface area contributed by atoms with Gasteiger partial charge in [-0.1, -0.05) is 11.8 Å². The molecule has 0 atom stereocenters. The molecule has 1 rings (SSSR count). The number of thioether (sulfide) groups is 1. The summed E-state index contributed by atoms with van der Waals surface area (Å²) >= 11 is 0.957. The predicted octanol–water partition coefficient (Wildman–Crippen LogP) is -0.102. The van der Waals surface area contributed by atoms with Crippen LogP contribution >= 0.6 is 11.8 Å². The molecule has 19 heavy (non-hydrogen) atoms. The van der Waals surface area contributed by atoms with Gasteiger partial charge in [0.05, 0.1) is 5.75 Å². The van der Waals surface area contributed by atoms with E-state index in [1.165, 1.54) is 17.2 Å². The van der Waals surface area contributed by atoms with E-state index in [1.807, 2.05) is 0 Å². The molecule has 1 heterocycles. The zero-order chi connectivity index (χ0) is 14.4. The summed E-state index contributed by atoms with van der Waals surface area (Å²) in [6.07, 6.45) is 1.78. The fourth-order valence-electron chi connectivity index (χ4n) is 1.26. The van der Waals surface area contributed by atoms with Crippen LogP contribution in [0, 0.1) is 0 Å². The van der Waals surface area contributed by atoms with Crippen molar-refractivity contribution in [2.45, 2.75) is 18.1 Å². The molecular weight excluding hydrogens is 270 g/mol. The molecule has 0 spiro atoms. The summed E-state index contributed by atoms with van der Waals surface area (Å²) in [6, 6.07) is 1.28. The van der Waals surface area contributed by atoms with E-state index < -0.39 is 11.5 Å². The maximum absolute atomic E-state index is 11.5. The lowest BCUT2D eigenvalue weighted by Crippen LogP contribution is -2.24. The lowest BCUT2D eigenvalue weighted by atomic mass is 10.4. The number of amides is 1. The van der Waals surface area contributed by atoms with Gasteiger partial charge in [0, 0.05) is 39.3 Å². The number of hydrogen-bond donors (Lipinski definition) is 1. The topological polar surface area (TPSA) is 92.5 Å². The third-order valence-corrected chi connectivity index (χ3v) is 3.21. The third kappa shape index (κ3) is 5.12. The predicted molar refractivity (Wildman–Crippen MR) is 70.2 cm³/mol. The molecule has 104 valence electrons. The van der Waals surface area contributed by atoms with E-state index in [4.69, 9.17) is 5.11 Å². The summed E-state index contributed by atoms with van der Waals surface area (Å²) in [5.41, 5.74) is -0.428. The fourth-order valence-corrected chi connectivity index (χ4v) is 1.99. The number of carboxylic acids is 1. The van der Waals surface area contributed by atoms with Crippen molar-refractivity contribution >= 4 is 23.6 Å². The van der Waals surface area contributed by atoms with Gasteiger partial charge in [-0.2, -0.15) is 4.98 Å². The van der Waals surface area contributed by atoms with E-state index in [-0.39, 0.29) is 18.1 Å². The zero-order valence-electron chi connectivity index (χ0n) is 10.7. The number of carboxylic acid groups (broad SMARTS) is 1. The van der Waals surface area contributed by atoms with Crippen LogP contribution < -0.4 is 5.56 Å². The van der Waals surface area contributed by atoms with Gasteiger partial charge in [-0.25, -0.2) is 0 Å². The highest BCUT2D eigenvalue weighted by molar-refractivity contribution is 7.99. The third-order valence-electron chi connectivity index (χ3n) is 2.24. The number of aromatic nitrogens is 2. The van der Waals surface area contributed by atoms with Crippen LogP contribution in [-0.2, 0) is 16.1 Å². The van der Waals surface area contributed by atoms with Crippen molar-refractivity contribution in [3.05, 3.63) is 22.6 Å². The molecule has 0 bridgehead atoms.